The third kappa shape index (κ3) is 4.15. The van der Waals surface area contributed by atoms with Crippen molar-refractivity contribution >= 4 is 33.4 Å². The van der Waals surface area contributed by atoms with Gasteiger partial charge in [0.15, 0.2) is 16.5 Å². The standard InChI is InChI=1S/C27H23FN2O3S/c1-4-32-23-13-19(7-10-22(23)33-15-18-5-8-20(28)9-6-18)14-24-26(31)30-21-12-16(2)11-17(3)25(21)29-27(30)34-24/h5-14H,4,15H2,1-3H3/b24-14-. The van der Waals surface area contributed by atoms with E-state index in [0.29, 0.717) is 34.2 Å². The van der Waals surface area contributed by atoms with Crippen molar-refractivity contribution in [3.63, 3.8) is 0 Å². The number of halogens is 1. The van der Waals surface area contributed by atoms with Crippen LogP contribution in [0.2, 0.25) is 0 Å². The molecule has 0 N–H and O–H groups in total. The number of fused-ring (bicyclic) bond motifs is 3. The van der Waals surface area contributed by atoms with Gasteiger partial charge in [-0.3, -0.25) is 4.79 Å². The Hall–Kier alpha value is -3.71. The number of aryl methyl sites for hydroxylation is 2. The van der Waals surface area contributed by atoms with E-state index >= 15 is 0 Å². The fourth-order valence-electron chi connectivity index (χ4n) is 4.01. The van der Waals surface area contributed by atoms with Crippen LogP contribution >= 0.6 is 11.3 Å². The van der Waals surface area contributed by atoms with Crippen LogP contribution in [0.15, 0.2) is 59.4 Å². The van der Waals surface area contributed by atoms with Crippen molar-refractivity contribution in [1.29, 1.82) is 0 Å². The summed E-state index contributed by atoms with van der Waals surface area (Å²) >= 11 is 1.37. The Morgan fingerprint density at radius 2 is 1.82 bits per heavy atom. The molecule has 0 atom stereocenters. The molecule has 0 bridgehead atoms. The molecule has 0 aliphatic heterocycles. The van der Waals surface area contributed by atoms with Crippen molar-refractivity contribution in [1.82, 2.24) is 9.38 Å². The average Bonchev–Trinajstić information content (AvgIpc) is 3.31. The van der Waals surface area contributed by atoms with E-state index in [0.717, 1.165) is 33.3 Å². The van der Waals surface area contributed by atoms with Crippen molar-refractivity contribution in [3.8, 4) is 11.5 Å². The SMILES string of the molecule is CCOc1cc(/C=c2\sc3nc4c(C)cc(C)cc4n3c2=O)ccc1OCc1ccc(F)cc1. The molecule has 34 heavy (non-hydrogen) atoms. The van der Waals surface area contributed by atoms with Crippen LogP contribution in [-0.4, -0.2) is 16.0 Å². The minimum atomic E-state index is -0.282. The van der Waals surface area contributed by atoms with Gasteiger partial charge < -0.3 is 9.47 Å². The molecule has 3 aromatic carbocycles. The van der Waals surface area contributed by atoms with Crippen molar-refractivity contribution in [2.45, 2.75) is 27.4 Å². The van der Waals surface area contributed by atoms with Crippen LogP contribution in [0, 0.1) is 19.7 Å². The normalized spacial score (nSPS) is 12.1. The summed E-state index contributed by atoms with van der Waals surface area (Å²) in [5, 5.41) is 0. The van der Waals surface area contributed by atoms with Gasteiger partial charge in [0.25, 0.3) is 5.56 Å². The van der Waals surface area contributed by atoms with E-state index in [4.69, 9.17) is 14.5 Å². The Morgan fingerprint density at radius 1 is 1.03 bits per heavy atom. The highest BCUT2D eigenvalue weighted by Crippen LogP contribution is 2.30. The average molecular weight is 475 g/mol. The number of hydrogen-bond acceptors (Lipinski definition) is 5. The summed E-state index contributed by atoms with van der Waals surface area (Å²) < 4.78 is 27.1. The molecule has 0 spiro atoms. The predicted octanol–water partition coefficient (Wildman–Crippen LogP) is 5.19. The molecular formula is C27H23FN2O3S. The van der Waals surface area contributed by atoms with E-state index < -0.39 is 0 Å². The van der Waals surface area contributed by atoms with Crippen LogP contribution in [0.1, 0.15) is 29.2 Å². The van der Waals surface area contributed by atoms with Gasteiger partial charge >= 0.3 is 0 Å². The molecule has 0 saturated carbocycles. The fourth-order valence-corrected chi connectivity index (χ4v) is 4.99. The van der Waals surface area contributed by atoms with Crippen LogP contribution in [0.25, 0.3) is 22.1 Å². The van der Waals surface area contributed by atoms with E-state index in [-0.39, 0.29) is 11.4 Å². The zero-order chi connectivity index (χ0) is 23.8. The van der Waals surface area contributed by atoms with E-state index in [2.05, 4.69) is 6.07 Å². The Balaban J connectivity index is 1.50. The minimum absolute atomic E-state index is 0.0814. The lowest BCUT2D eigenvalue weighted by atomic mass is 10.1. The first-order valence-electron chi connectivity index (χ1n) is 11.0. The van der Waals surface area contributed by atoms with Crippen LogP contribution in [0.5, 0.6) is 11.5 Å². The number of nitrogens with zero attached hydrogens (tertiary/aromatic N) is 2. The molecule has 5 rings (SSSR count). The number of hydrogen-bond donors (Lipinski definition) is 0. The second-order valence-corrected chi connectivity index (χ2v) is 9.16. The lowest BCUT2D eigenvalue weighted by Gasteiger charge is -2.12. The summed E-state index contributed by atoms with van der Waals surface area (Å²) in [5.41, 5.74) is 5.47. The second kappa shape index (κ2) is 8.91. The van der Waals surface area contributed by atoms with Crippen LogP contribution in [0.3, 0.4) is 0 Å². The Labute approximate surface area is 199 Å². The molecule has 7 heteroatoms. The van der Waals surface area contributed by atoms with Gasteiger partial charge in [0.05, 0.1) is 22.2 Å². The first kappa shape index (κ1) is 22.1. The highest BCUT2D eigenvalue weighted by atomic mass is 32.1. The maximum absolute atomic E-state index is 13.2. The van der Waals surface area contributed by atoms with Gasteiger partial charge in [-0.25, -0.2) is 13.8 Å². The molecule has 5 aromatic rings. The topological polar surface area (TPSA) is 52.8 Å². The number of thiazole rings is 1. The van der Waals surface area contributed by atoms with Gasteiger partial charge in [-0.05, 0) is 79.4 Å². The quantitative estimate of drug-likeness (QED) is 0.340. The van der Waals surface area contributed by atoms with Crippen LogP contribution < -0.4 is 19.6 Å². The summed E-state index contributed by atoms with van der Waals surface area (Å²) in [6.45, 7) is 6.70. The molecule has 0 radical (unpaired) electrons. The number of ether oxygens (including phenoxy) is 2. The lowest BCUT2D eigenvalue weighted by molar-refractivity contribution is 0.269. The van der Waals surface area contributed by atoms with Crippen LogP contribution in [0.4, 0.5) is 4.39 Å². The maximum Gasteiger partial charge on any atom is 0.274 e. The highest BCUT2D eigenvalue weighted by molar-refractivity contribution is 7.15. The highest BCUT2D eigenvalue weighted by Gasteiger charge is 2.14. The monoisotopic (exact) mass is 474 g/mol. The van der Waals surface area contributed by atoms with Gasteiger partial charge in [0.1, 0.15) is 12.4 Å². The zero-order valence-electron chi connectivity index (χ0n) is 19.1. The molecule has 0 unspecified atom stereocenters. The Morgan fingerprint density at radius 3 is 2.59 bits per heavy atom. The van der Waals surface area contributed by atoms with E-state index in [1.807, 2.05) is 51.1 Å². The molecule has 0 aliphatic carbocycles. The van der Waals surface area contributed by atoms with Crippen molar-refractivity contribution in [3.05, 3.63) is 97.6 Å². The third-order valence-corrected chi connectivity index (χ3v) is 6.52. The fraction of sp³-hybridized carbons (Fsp3) is 0.185. The summed E-state index contributed by atoms with van der Waals surface area (Å²) in [4.78, 5) is 18.6. The van der Waals surface area contributed by atoms with Gasteiger partial charge in [-0.1, -0.05) is 35.6 Å². The summed E-state index contributed by atoms with van der Waals surface area (Å²) in [6, 6.07) is 15.8. The number of rotatable bonds is 6. The first-order chi connectivity index (χ1) is 16.4. The Kier molecular flexibility index (Phi) is 5.79. The van der Waals surface area contributed by atoms with Gasteiger partial charge in [0.2, 0.25) is 0 Å². The molecule has 0 amide bonds. The van der Waals surface area contributed by atoms with E-state index in [9.17, 15) is 9.18 Å². The van der Waals surface area contributed by atoms with Crippen molar-refractivity contribution < 1.29 is 13.9 Å². The minimum Gasteiger partial charge on any atom is -0.490 e. The molecule has 2 aromatic heterocycles. The smallest absolute Gasteiger partial charge is 0.274 e. The number of imidazole rings is 1. The van der Waals surface area contributed by atoms with Crippen LogP contribution in [-0.2, 0) is 6.61 Å². The molecule has 2 heterocycles. The number of benzene rings is 3. The summed E-state index contributed by atoms with van der Waals surface area (Å²) in [6.07, 6.45) is 1.85. The second-order valence-electron chi connectivity index (χ2n) is 8.15. The molecule has 172 valence electrons. The molecule has 0 fully saturated rings. The molecule has 0 aliphatic rings. The lowest BCUT2D eigenvalue weighted by Crippen LogP contribution is -2.22. The zero-order valence-corrected chi connectivity index (χ0v) is 19.9. The molecule has 5 nitrogen and oxygen atoms in total. The van der Waals surface area contributed by atoms with Gasteiger partial charge in [-0.2, -0.15) is 0 Å². The molecular weight excluding hydrogens is 451 g/mol. The predicted molar refractivity (Wildman–Crippen MR) is 133 cm³/mol. The largest absolute Gasteiger partial charge is 0.490 e. The van der Waals surface area contributed by atoms with Gasteiger partial charge in [0, 0.05) is 0 Å². The number of aromatic nitrogens is 2. The third-order valence-electron chi connectivity index (χ3n) is 5.55. The first-order valence-corrected chi connectivity index (χ1v) is 11.8. The summed E-state index contributed by atoms with van der Waals surface area (Å²) in [7, 11) is 0. The van der Waals surface area contributed by atoms with Crippen molar-refractivity contribution in [2.24, 2.45) is 0 Å². The van der Waals surface area contributed by atoms with E-state index in [1.54, 1.807) is 16.5 Å². The summed E-state index contributed by atoms with van der Waals surface area (Å²) in [5.74, 6) is 0.892. The Bertz CT molecular complexity index is 1620. The maximum atomic E-state index is 13.2. The van der Waals surface area contributed by atoms with Crippen molar-refractivity contribution in [2.75, 3.05) is 6.61 Å². The van der Waals surface area contributed by atoms with E-state index in [1.165, 1.54) is 23.5 Å². The molecule has 0 saturated heterocycles. The van der Waals surface area contributed by atoms with Gasteiger partial charge in [-0.15, -0.1) is 0 Å².